The average molecular weight is 372 g/mol. The first kappa shape index (κ1) is 19.7. The Bertz CT molecular complexity index is 658. The number of rotatable bonds is 6. The molecule has 0 spiro atoms. The van der Waals surface area contributed by atoms with Gasteiger partial charge in [0.25, 0.3) is 5.91 Å². The second-order valence-corrected chi connectivity index (χ2v) is 7.73. The fourth-order valence-electron chi connectivity index (χ4n) is 4.31. The zero-order valence-corrected chi connectivity index (χ0v) is 16.8. The molecule has 2 fully saturated rings. The van der Waals surface area contributed by atoms with Crippen molar-refractivity contribution in [3.63, 3.8) is 0 Å². The molecule has 5 nitrogen and oxygen atoms in total. The van der Waals surface area contributed by atoms with Gasteiger partial charge in [-0.15, -0.1) is 0 Å². The lowest BCUT2D eigenvalue weighted by molar-refractivity contribution is -0.120. The molecule has 1 aliphatic carbocycles. The molecule has 2 amide bonds. The molecule has 27 heavy (non-hydrogen) atoms. The van der Waals surface area contributed by atoms with E-state index in [0.29, 0.717) is 18.7 Å². The fourth-order valence-corrected chi connectivity index (χ4v) is 4.31. The van der Waals surface area contributed by atoms with Crippen LogP contribution in [-0.2, 0) is 4.79 Å². The molecule has 0 aromatic heterocycles. The van der Waals surface area contributed by atoms with Crippen LogP contribution >= 0.6 is 0 Å². The molecule has 3 rings (SSSR count). The van der Waals surface area contributed by atoms with Crippen molar-refractivity contribution in [2.75, 3.05) is 36.4 Å². The Kier molecular flexibility index (Phi) is 6.75. The molecule has 1 saturated carbocycles. The van der Waals surface area contributed by atoms with Crippen LogP contribution in [0.4, 0.5) is 11.4 Å². The highest BCUT2D eigenvalue weighted by atomic mass is 16.2. The Hall–Kier alpha value is -2.04. The largest absolute Gasteiger partial charge is 0.371 e. The maximum atomic E-state index is 13.1. The molecule has 1 heterocycles. The summed E-state index contributed by atoms with van der Waals surface area (Å²) in [5.74, 6) is 0.263. The van der Waals surface area contributed by atoms with Crippen molar-refractivity contribution in [2.45, 2.75) is 58.8 Å². The van der Waals surface area contributed by atoms with Crippen molar-refractivity contribution in [1.82, 2.24) is 4.90 Å². The van der Waals surface area contributed by atoms with Gasteiger partial charge in [-0.25, -0.2) is 0 Å². The number of carbonyl (C=O) groups excluding carboxylic acids is 2. The number of hydrogen-bond acceptors (Lipinski definition) is 3. The van der Waals surface area contributed by atoms with Gasteiger partial charge in [-0.2, -0.15) is 0 Å². The van der Waals surface area contributed by atoms with Crippen LogP contribution in [0.5, 0.6) is 0 Å². The summed E-state index contributed by atoms with van der Waals surface area (Å²) < 4.78 is 0. The van der Waals surface area contributed by atoms with E-state index in [1.54, 1.807) is 0 Å². The molecular formula is C22H33N3O2. The Labute approximate surface area is 163 Å². The lowest BCUT2D eigenvalue weighted by Gasteiger charge is -2.26. The van der Waals surface area contributed by atoms with Gasteiger partial charge < -0.3 is 15.1 Å². The minimum atomic E-state index is 0.0515. The summed E-state index contributed by atoms with van der Waals surface area (Å²) in [6.07, 6.45) is 7.79. The lowest BCUT2D eigenvalue weighted by atomic mass is 9.88. The molecule has 2 aliphatic rings. The summed E-state index contributed by atoms with van der Waals surface area (Å²) in [6, 6.07) is 5.85. The summed E-state index contributed by atoms with van der Waals surface area (Å²) in [6.45, 7) is 7.37. The molecule has 5 heteroatoms. The van der Waals surface area contributed by atoms with Crippen LogP contribution in [0.15, 0.2) is 18.2 Å². The van der Waals surface area contributed by atoms with E-state index in [9.17, 15) is 9.59 Å². The molecule has 0 radical (unpaired) electrons. The number of anilines is 2. The number of nitrogens with one attached hydrogen (secondary N) is 1. The third-order valence-electron chi connectivity index (χ3n) is 5.97. The standard InChI is InChI=1S/C22H33N3O2/c1-3-24(4-2)22(27)19-16-18(12-13-20(19)25-14-8-9-15-25)23-21(26)17-10-6-5-7-11-17/h12-13,16-17H,3-11,14-15H2,1-2H3,(H,23,26). The molecule has 1 saturated heterocycles. The van der Waals surface area contributed by atoms with E-state index < -0.39 is 0 Å². The molecule has 148 valence electrons. The van der Waals surface area contributed by atoms with Crippen LogP contribution in [0.25, 0.3) is 0 Å². The normalized spacial score (nSPS) is 17.8. The molecule has 0 unspecified atom stereocenters. The topological polar surface area (TPSA) is 52.7 Å². The number of hydrogen-bond donors (Lipinski definition) is 1. The molecule has 1 aromatic rings. The zero-order chi connectivity index (χ0) is 19.2. The predicted molar refractivity (Wildman–Crippen MR) is 110 cm³/mol. The molecular weight excluding hydrogens is 338 g/mol. The van der Waals surface area contributed by atoms with Crippen LogP contribution in [-0.4, -0.2) is 42.9 Å². The van der Waals surface area contributed by atoms with Crippen LogP contribution in [0.1, 0.15) is 69.2 Å². The highest BCUT2D eigenvalue weighted by Crippen LogP contribution is 2.30. The first-order valence-electron chi connectivity index (χ1n) is 10.6. The number of carbonyl (C=O) groups is 2. The van der Waals surface area contributed by atoms with Crippen LogP contribution in [0.3, 0.4) is 0 Å². The van der Waals surface area contributed by atoms with Crippen LogP contribution in [0.2, 0.25) is 0 Å². The van der Waals surface area contributed by atoms with Crippen molar-refractivity contribution in [2.24, 2.45) is 5.92 Å². The van der Waals surface area contributed by atoms with Gasteiger partial charge >= 0.3 is 0 Å². The quantitative estimate of drug-likeness (QED) is 0.812. The number of benzene rings is 1. The fraction of sp³-hybridized carbons (Fsp3) is 0.636. The van der Waals surface area contributed by atoms with Crippen molar-refractivity contribution < 1.29 is 9.59 Å². The summed E-state index contributed by atoms with van der Waals surface area (Å²) in [5.41, 5.74) is 2.45. The molecule has 1 aromatic carbocycles. The average Bonchev–Trinajstić information content (AvgIpc) is 3.24. The van der Waals surface area contributed by atoms with Gasteiger partial charge in [0, 0.05) is 43.5 Å². The molecule has 0 atom stereocenters. The smallest absolute Gasteiger partial charge is 0.256 e. The van der Waals surface area contributed by atoms with E-state index in [4.69, 9.17) is 0 Å². The molecule has 0 bridgehead atoms. The van der Waals surface area contributed by atoms with E-state index in [1.807, 2.05) is 36.9 Å². The van der Waals surface area contributed by atoms with Gasteiger partial charge in [-0.05, 0) is 57.7 Å². The van der Waals surface area contributed by atoms with E-state index >= 15 is 0 Å². The minimum Gasteiger partial charge on any atom is -0.371 e. The second kappa shape index (κ2) is 9.25. The predicted octanol–water partition coefficient (Wildman–Crippen LogP) is 4.29. The van der Waals surface area contributed by atoms with E-state index in [0.717, 1.165) is 50.1 Å². The summed E-state index contributed by atoms with van der Waals surface area (Å²) >= 11 is 0. The van der Waals surface area contributed by atoms with Gasteiger partial charge in [0.2, 0.25) is 5.91 Å². The van der Waals surface area contributed by atoms with E-state index in [1.165, 1.54) is 19.3 Å². The Morgan fingerprint density at radius 1 is 1.04 bits per heavy atom. The van der Waals surface area contributed by atoms with Crippen LogP contribution < -0.4 is 10.2 Å². The van der Waals surface area contributed by atoms with E-state index in [2.05, 4.69) is 10.2 Å². The monoisotopic (exact) mass is 371 g/mol. The summed E-state index contributed by atoms with van der Waals surface area (Å²) in [7, 11) is 0. The van der Waals surface area contributed by atoms with Crippen molar-refractivity contribution in [3.05, 3.63) is 23.8 Å². The van der Waals surface area contributed by atoms with Gasteiger partial charge in [-0.1, -0.05) is 19.3 Å². The first-order valence-corrected chi connectivity index (χ1v) is 10.6. The summed E-state index contributed by atoms with van der Waals surface area (Å²) in [4.78, 5) is 29.9. The highest BCUT2D eigenvalue weighted by Gasteiger charge is 2.24. The molecule has 1 aliphatic heterocycles. The van der Waals surface area contributed by atoms with E-state index in [-0.39, 0.29) is 17.7 Å². The zero-order valence-electron chi connectivity index (χ0n) is 16.8. The number of nitrogens with zero attached hydrogens (tertiary/aromatic N) is 2. The maximum Gasteiger partial charge on any atom is 0.256 e. The second-order valence-electron chi connectivity index (χ2n) is 7.73. The maximum absolute atomic E-state index is 13.1. The van der Waals surface area contributed by atoms with Gasteiger partial charge in [0.15, 0.2) is 0 Å². The first-order chi connectivity index (χ1) is 13.1. The minimum absolute atomic E-state index is 0.0515. The Balaban J connectivity index is 1.84. The third-order valence-corrected chi connectivity index (χ3v) is 5.97. The third kappa shape index (κ3) is 4.63. The van der Waals surface area contributed by atoms with Gasteiger partial charge in [0.05, 0.1) is 5.56 Å². The van der Waals surface area contributed by atoms with Crippen molar-refractivity contribution in [3.8, 4) is 0 Å². The lowest BCUT2D eigenvalue weighted by Crippen LogP contribution is -2.32. The highest BCUT2D eigenvalue weighted by molar-refractivity contribution is 6.02. The van der Waals surface area contributed by atoms with Crippen molar-refractivity contribution >= 4 is 23.2 Å². The Morgan fingerprint density at radius 2 is 1.70 bits per heavy atom. The van der Waals surface area contributed by atoms with Gasteiger partial charge in [-0.3, -0.25) is 9.59 Å². The SMILES string of the molecule is CCN(CC)C(=O)c1cc(NC(=O)C2CCCCC2)ccc1N1CCCC1. The number of amides is 2. The van der Waals surface area contributed by atoms with Crippen molar-refractivity contribution in [1.29, 1.82) is 0 Å². The summed E-state index contributed by atoms with van der Waals surface area (Å²) in [5, 5.41) is 3.07. The Morgan fingerprint density at radius 3 is 2.33 bits per heavy atom. The van der Waals surface area contributed by atoms with Gasteiger partial charge in [0.1, 0.15) is 0 Å². The molecule has 1 N–H and O–H groups in total. The van der Waals surface area contributed by atoms with Crippen LogP contribution in [0, 0.1) is 5.92 Å².